The second kappa shape index (κ2) is 10.8. The van der Waals surface area contributed by atoms with Crippen molar-refractivity contribution in [1.29, 1.82) is 0 Å². The number of nitrogens with one attached hydrogen (secondary N) is 1. The minimum Gasteiger partial charge on any atom is -0.494 e. The molecule has 0 aliphatic carbocycles. The van der Waals surface area contributed by atoms with E-state index in [4.69, 9.17) is 21.3 Å². The third-order valence-electron chi connectivity index (χ3n) is 5.31. The van der Waals surface area contributed by atoms with E-state index in [1.807, 2.05) is 74.5 Å². The van der Waals surface area contributed by atoms with Crippen molar-refractivity contribution in [2.75, 3.05) is 6.61 Å². The van der Waals surface area contributed by atoms with Crippen molar-refractivity contribution in [3.05, 3.63) is 81.0 Å². The Balaban J connectivity index is 1.72. The van der Waals surface area contributed by atoms with Crippen LogP contribution in [0.25, 0.3) is 22.2 Å². The van der Waals surface area contributed by atoms with E-state index in [2.05, 4.69) is 17.5 Å². The molecule has 2 aromatic heterocycles. The first-order valence-corrected chi connectivity index (χ1v) is 12.4. The smallest absolute Gasteiger partial charge is 0.272 e. The van der Waals surface area contributed by atoms with Gasteiger partial charge in [-0.1, -0.05) is 36.6 Å². The minimum absolute atomic E-state index is 0.276. The molecule has 7 heteroatoms. The summed E-state index contributed by atoms with van der Waals surface area (Å²) in [7, 11) is 0. The normalized spacial score (nSPS) is 11.6. The largest absolute Gasteiger partial charge is 0.494 e. The molecule has 4 rings (SSSR count). The number of carbonyl (C=O) groups is 1. The van der Waals surface area contributed by atoms with E-state index in [9.17, 15) is 4.79 Å². The molecule has 5 nitrogen and oxygen atoms in total. The highest BCUT2D eigenvalue weighted by Crippen LogP contribution is 2.28. The lowest BCUT2D eigenvalue weighted by atomic mass is 10.0. The second-order valence-electron chi connectivity index (χ2n) is 7.89. The summed E-state index contributed by atoms with van der Waals surface area (Å²) in [6, 6.07) is 19.2. The lowest BCUT2D eigenvalue weighted by Gasteiger charge is -2.11. The third kappa shape index (κ3) is 5.46. The maximum absolute atomic E-state index is 13.3. The average molecular weight is 492 g/mol. The Labute approximate surface area is 208 Å². The number of fused-ring (bicyclic) bond motifs is 1. The monoisotopic (exact) mass is 491 g/mol. The summed E-state index contributed by atoms with van der Waals surface area (Å²) in [5.41, 5.74) is 7.55. The maximum Gasteiger partial charge on any atom is 0.272 e. The van der Waals surface area contributed by atoms with Gasteiger partial charge in [0.05, 0.1) is 38.3 Å². The van der Waals surface area contributed by atoms with Crippen molar-refractivity contribution in [3.63, 3.8) is 0 Å². The predicted octanol–water partition coefficient (Wildman–Crippen LogP) is 7.26. The number of benzene rings is 2. The van der Waals surface area contributed by atoms with Gasteiger partial charge in [0.15, 0.2) is 0 Å². The second-order valence-corrected chi connectivity index (χ2v) is 9.60. The molecule has 174 valence electrons. The lowest BCUT2D eigenvalue weighted by Crippen LogP contribution is -2.20. The molecule has 4 aromatic rings. The molecule has 2 heterocycles. The predicted molar refractivity (Wildman–Crippen MR) is 141 cm³/mol. The summed E-state index contributed by atoms with van der Waals surface area (Å²) < 4.78 is 6.24. The molecule has 0 radical (unpaired) electrons. The molecule has 0 fully saturated rings. The molecule has 34 heavy (non-hydrogen) atoms. The highest BCUT2D eigenvalue weighted by molar-refractivity contribution is 7.18. The number of amides is 1. The summed E-state index contributed by atoms with van der Waals surface area (Å²) in [5.74, 6) is 0.522. The van der Waals surface area contributed by atoms with E-state index in [1.165, 1.54) is 11.3 Å². The van der Waals surface area contributed by atoms with Crippen molar-refractivity contribution in [3.8, 4) is 17.0 Å². The van der Waals surface area contributed by atoms with Gasteiger partial charge in [0.1, 0.15) is 5.75 Å². The van der Waals surface area contributed by atoms with Gasteiger partial charge >= 0.3 is 0 Å². The summed E-state index contributed by atoms with van der Waals surface area (Å²) in [6.07, 6.45) is 1.65. The van der Waals surface area contributed by atoms with Gasteiger partial charge in [-0.15, -0.1) is 11.3 Å². The molecule has 0 unspecified atom stereocenters. The molecule has 0 bridgehead atoms. The lowest BCUT2D eigenvalue weighted by molar-refractivity contribution is 0.0956. The molecule has 0 spiro atoms. The molecule has 0 aliphatic rings. The number of pyridine rings is 1. The fourth-order valence-corrected chi connectivity index (χ4v) is 4.74. The Bertz CT molecular complexity index is 1350. The van der Waals surface area contributed by atoms with Gasteiger partial charge in [-0.2, -0.15) is 5.10 Å². The highest BCUT2D eigenvalue weighted by atomic mass is 35.5. The van der Waals surface area contributed by atoms with Gasteiger partial charge in [0.2, 0.25) is 0 Å². The Hall–Kier alpha value is -3.22. The van der Waals surface area contributed by atoms with Gasteiger partial charge in [-0.05, 0) is 74.9 Å². The van der Waals surface area contributed by atoms with Crippen LogP contribution in [0.4, 0.5) is 0 Å². The summed E-state index contributed by atoms with van der Waals surface area (Å²) >= 11 is 7.56. The van der Waals surface area contributed by atoms with Crippen LogP contribution < -0.4 is 10.2 Å². The van der Waals surface area contributed by atoms with E-state index in [-0.39, 0.29) is 5.91 Å². The van der Waals surface area contributed by atoms with E-state index >= 15 is 0 Å². The number of rotatable bonds is 8. The Kier molecular flexibility index (Phi) is 7.60. The number of hydrazone groups is 1. The SMILES string of the molecule is CCC/C(=N/NC(=O)c1cc(-c2ccc(OCC)cc2)nc2ccc(C)cc12)c1ccc(Cl)s1. The third-order valence-corrected chi connectivity index (χ3v) is 6.59. The van der Waals surface area contributed by atoms with Crippen LogP contribution in [0.5, 0.6) is 5.75 Å². The van der Waals surface area contributed by atoms with Crippen LogP contribution in [-0.2, 0) is 0 Å². The summed E-state index contributed by atoms with van der Waals surface area (Å²) in [4.78, 5) is 19.1. The number of hydrogen-bond acceptors (Lipinski definition) is 5. The van der Waals surface area contributed by atoms with Crippen molar-refractivity contribution < 1.29 is 9.53 Å². The van der Waals surface area contributed by atoms with Crippen LogP contribution in [0.3, 0.4) is 0 Å². The van der Waals surface area contributed by atoms with Crippen LogP contribution in [0.15, 0.2) is 65.8 Å². The zero-order chi connectivity index (χ0) is 24.1. The number of thiophene rings is 1. The number of carbonyl (C=O) groups excluding carboxylic acids is 1. The van der Waals surface area contributed by atoms with Crippen LogP contribution in [0, 0.1) is 6.92 Å². The number of aryl methyl sites for hydroxylation is 1. The van der Waals surface area contributed by atoms with Gasteiger partial charge in [0, 0.05) is 10.9 Å². The first kappa shape index (κ1) is 23.9. The average Bonchev–Trinajstić information content (AvgIpc) is 3.27. The van der Waals surface area contributed by atoms with Crippen LogP contribution in [0.1, 0.15) is 47.5 Å². The van der Waals surface area contributed by atoms with Crippen LogP contribution >= 0.6 is 22.9 Å². The van der Waals surface area contributed by atoms with Gasteiger partial charge in [-0.25, -0.2) is 10.4 Å². The fourth-order valence-electron chi connectivity index (χ4n) is 3.68. The molecular weight excluding hydrogens is 466 g/mol. The van der Waals surface area contributed by atoms with Gasteiger partial charge in [0.25, 0.3) is 5.91 Å². The molecule has 2 aromatic carbocycles. The minimum atomic E-state index is -0.276. The summed E-state index contributed by atoms with van der Waals surface area (Å²) in [5, 5.41) is 5.26. The molecular formula is C27H26ClN3O2S. The topological polar surface area (TPSA) is 63.6 Å². The van der Waals surface area contributed by atoms with E-state index in [0.29, 0.717) is 22.2 Å². The van der Waals surface area contributed by atoms with Crippen LogP contribution in [-0.4, -0.2) is 23.2 Å². The molecule has 1 amide bonds. The molecule has 0 saturated carbocycles. The molecule has 0 saturated heterocycles. The number of nitrogens with zero attached hydrogens (tertiary/aromatic N) is 2. The standard InChI is InChI=1S/C27H26ClN3O2S/c1-4-6-23(25-13-14-26(28)34-25)30-31-27(32)21-16-24(18-8-10-19(11-9-18)33-5-2)29-22-12-7-17(3)15-20(21)22/h7-16H,4-6H2,1-3H3,(H,31,32)/b30-23-. The van der Waals surface area contributed by atoms with Crippen LogP contribution in [0.2, 0.25) is 4.34 Å². The number of hydrogen-bond donors (Lipinski definition) is 1. The first-order chi connectivity index (χ1) is 16.5. The zero-order valence-electron chi connectivity index (χ0n) is 19.4. The van der Waals surface area contributed by atoms with Gasteiger partial charge < -0.3 is 4.74 Å². The number of aromatic nitrogens is 1. The van der Waals surface area contributed by atoms with Crippen molar-refractivity contribution in [1.82, 2.24) is 10.4 Å². The Morgan fingerprint density at radius 3 is 2.56 bits per heavy atom. The summed E-state index contributed by atoms with van der Waals surface area (Å²) in [6.45, 7) is 6.64. The van der Waals surface area contributed by atoms with E-state index < -0.39 is 0 Å². The molecule has 0 aliphatic heterocycles. The molecule has 0 atom stereocenters. The molecule has 1 N–H and O–H groups in total. The Morgan fingerprint density at radius 1 is 1.09 bits per heavy atom. The van der Waals surface area contributed by atoms with Crippen molar-refractivity contribution in [2.45, 2.75) is 33.6 Å². The number of ether oxygens (including phenoxy) is 1. The highest BCUT2D eigenvalue weighted by Gasteiger charge is 2.15. The van der Waals surface area contributed by atoms with Crippen molar-refractivity contribution >= 4 is 45.5 Å². The number of halogens is 1. The van der Waals surface area contributed by atoms with Crippen molar-refractivity contribution in [2.24, 2.45) is 5.10 Å². The quantitative estimate of drug-likeness (QED) is 0.208. The van der Waals surface area contributed by atoms with E-state index in [1.54, 1.807) is 0 Å². The fraction of sp³-hybridized carbons (Fsp3) is 0.222. The van der Waals surface area contributed by atoms with E-state index in [0.717, 1.165) is 51.2 Å². The Morgan fingerprint density at radius 2 is 1.88 bits per heavy atom. The first-order valence-electron chi connectivity index (χ1n) is 11.3. The zero-order valence-corrected chi connectivity index (χ0v) is 21.0. The maximum atomic E-state index is 13.3. The van der Waals surface area contributed by atoms with Gasteiger partial charge in [-0.3, -0.25) is 4.79 Å².